The van der Waals surface area contributed by atoms with E-state index in [1.807, 2.05) is 80.6 Å². The lowest BCUT2D eigenvalue weighted by atomic mass is 10.0. The van der Waals surface area contributed by atoms with Gasteiger partial charge in [-0.15, -0.1) is 0 Å². The number of hydrogen-bond acceptors (Lipinski definition) is 3. The van der Waals surface area contributed by atoms with Crippen LogP contribution < -0.4 is 10.1 Å². The molecule has 178 valence electrons. The molecule has 3 aromatic carbocycles. The highest BCUT2D eigenvalue weighted by molar-refractivity contribution is 6.30. The Kier molecular flexibility index (Phi) is 9.53. The predicted octanol–water partition coefficient (Wildman–Crippen LogP) is 5.27. The van der Waals surface area contributed by atoms with Crippen molar-refractivity contribution in [3.63, 3.8) is 0 Å². The van der Waals surface area contributed by atoms with Gasteiger partial charge in [0.25, 0.3) is 5.91 Å². The van der Waals surface area contributed by atoms with E-state index >= 15 is 0 Å². The molecule has 2 atom stereocenters. The van der Waals surface area contributed by atoms with Crippen LogP contribution in [-0.2, 0) is 22.6 Å². The highest BCUT2D eigenvalue weighted by Crippen LogP contribution is 2.18. The number of carbonyl (C=O) groups excluding carboxylic acids is 2. The number of benzene rings is 3. The van der Waals surface area contributed by atoms with Gasteiger partial charge in [0, 0.05) is 24.0 Å². The summed E-state index contributed by atoms with van der Waals surface area (Å²) in [6.07, 6.45) is 1.18. The second-order valence-corrected chi connectivity index (χ2v) is 8.71. The number of halogens is 1. The fourth-order valence-corrected chi connectivity index (χ4v) is 3.78. The maximum absolute atomic E-state index is 13.5. The first kappa shape index (κ1) is 25.3. The highest BCUT2D eigenvalue weighted by Gasteiger charge is 2.31. The molecule has 6 heteroatoms. The van der Waals surface area contributed by atoms with Crippen LogP contribution in [0.2, 0.25) is 5.02 Å². The third kappa shape index (κ3) is 7.63. The summed E-state index contributed by atoms with van der Waals surface area (Å²) in [5.41, 5.74) is 1.81. The van der Waals surface area contributed by atoms with Crippen LogP contribution in [0.25, 0.3) is 0 Å². The van der Waals surface area contributed by atoms with Crippen LogP contribution >= 0.6 is 11.6 Å². The summed E-state index contributed by atoms with van der Waals surface area (Å²) in [4.78, 5) is 28.5. The molecule has 3 aromatic rings. The second kappa shape index (κ2) is 12.8. The fourth-order valence-electron chi connectivity index (χ4n) is 3.57. The summed E-state index contributed by atoms with van der Waals surface area (Å²) >= 11 is 6.20. The number of rotatable bonds is 11. The van der Waals surface area contributed by atoms with E-state index in [9.17, 15) is 9.59 Å². The third-order valence-corrected chi connectivity index (χ3v) is 5.85. The van der Waals surface area contributed by atoms with E-state index in [1.54, 1.807) is 23.1 Å². The molecule has 0 aliphatic heterocycles. The normalized spacial score (nSPS) is 12.4. The van der Waals surface area contributed by atoms with Crippen LogP contribution in [-0.4, -0.2) is 35.4 Å². The van der Waals surface area contributed by atoms with Gasteiger partial charge in [-0.1, -0.05) is 79.2 Å². The number of carbonyl (C=O) groups is 2. The molecule has 0 saturated carbocycles. The molecule has 0 aromatic heterocycles. The average Bonchev–Trinajstić information content (AvgIpc) is 2.85. The number of amides is 2. The molecule has 0 bridgehead atoms. The molecular formula is C28H31ClN2O3. The Labute approximate surface area is 206 Å². The van der Waals surface area contributed by atoms with E-state index in [-0.39, 0.29) is 31.0 Å². The molecule has 0 saturated heterocycles. The van der Waals surface area contributed by atoms with E-state index in [0.717, 1.165) is 17.5 Å². The molecule has 1 N–H and O–H groups in total. The Morgan fingerprint density at radius 3 is 2.24 bits per heavy atom. The van der Waals surface area contributed by atoms with Crippen LogP contribution in [0.5, 0.6) is 5.75 Å². The molecule has 0 spiro atoms. The molecule has 5 nitrogen and oxygen atoms in total. The maximum atomic E-state index is 13.5. The molecule has 0 radical (unpaired) electrons. The zero-order valence-electron chi connectivity index (χ0n) is 19.6. The summed E-state index contributed by atoms with van der Waals surface area (Å²) in [6.45, 7) is 4.04. The van der Waals surface area contributed by atoms with Crippen molar-refractivity contribution in [1.29, 1.82) is 0 Å². The summed E-state index contributed by atoms with van der Waals surface area (Å²) in [6, 6.07) is 25.5. The van der Waals surface area contributed by atoms with Crippen molar-refractivity contribution in [2.45, 2.75) is 45.3 Å². The first-order chi connectivity index (χ1) is 16.5. The van der Waals surface area contributed by atoms with Crippen molar-refractivity contribution >= 4 is 23.4 Å². The standard InChI is InChI=1S/C28H31ClN2O3/c1-3-21(2)30-28(33)26(18-22-11-6-4-7-12-22)31(19-23-13-10-14-24(29)17-23)27(32)20-34-25-15-8-5-9-16-25/h4-17,21,26H,3,18-20H2,1-2H3,(H,30,33)/t21-,26+/m0/s1. The van der Waals surface area contributed by atoms with E-state index in [1.165, 1.54) is 0 Å². The van der Waals surface area contributed by atoms with Gasteiger partial charge < -0.3 is 15.0 Å². The van der Waals surface area contributed by atoms with Crippen LogP contribution in [0.3, 0.4) is 0 Å². The molecule has 0 aliphatic carbocycles. The highest BCUT2D eigenvalue weighted by atomic mass is 35.5. The first-order valence-corrected chi connectivity index (χ1v) is 11.9. The Hall–Kier alpha value is -3.31. The van der Waals surface area contributed by atoms with E-state index < -0.39 is 6.04 Å². The quantitative estimate of drug-likeness (QED) is 0.408. The maximum Gasteiger partial charge on any atom is 0.261 e. The van der Waals surface area contributed by atoms with Gasteiger partial charge in [-0.3, -0.25) is 9.59 Å². The minimum absolute atomic E-state index is 0.00513. The SMILES string of the molecule is CC[C@H](C)NC(=O)[C@@H](Cc1ccccc1)N(Cc1cccc(Cl)c1)C(=O)COc1ccccc1. The summed E-state index contributed by atoms with van der Waals surface area (Å²) in [5, 5.41) is 3.63. The predicted molar refractivity (Wildman–Crippen MR) is 136 cm³/mol. The van der Waals surface area contributed by atoms with Crippen LogP contribution in [0.15, 0.2) is 84.9 Å². The van der Waals surface area contributed by atoms with Gasteiger partial charge in [0.1, 0.15) is 11.8 Å². The molecule has 0 fully saturated rings. The average molecular weight is 479 g/mol. The van der Waals surface area contributed by atoms with E-state index in [2.05, 4.69) is 5.32 Å². The number of hydrogen-bond donors (Lipinski definition) is 1. The molecular weight excluding hydrogens is 448 g/mol. The Morgan fingerprint density at radius 2 is 1.59 bits per heavy atom. The molecule has 2 amide bonds. The van der Waals surface area contributed by atoms with Crippen molar-refractivity contribution in [1.82, 2.24) is 10.2 Å². The van der Waals surface area contributed by atoms with Crippen LogP contribution in [0, 0.1) is 0 Å². The lowest BCUT2D eigenvalue weighted by Crippen LogP contribution is -2.53. The molecule has 0 unspecified atom stereocenters. The molecule has 34 heavy (non-hydrogen) atoms. The number of nitrogens with one attached hydrogen (secondary N) is 1. The minimum atomic E-state index is -0.706. The van der Waals surface area contributed by atoms with Gasteiger partial charge in [-0.25, -0.2) is 0 Å². The van der Waals surface area contributed by atoms with Gasteiger partial charge in [-0.2, -0.15) is 0 Å². The molecule has 0 aliphatic rings. The zero-order chi connectivity index (χ0) is 24.3. The van der Waals surface area contributed by atoms with Crippen molar-refractivity contribution in [3.05, 3.63) is 101 Å². The molecule has 0 heterocycles. The number of nitrogens with zero attached hydrogens (tertiary/aromatic N) is 1. The van der Waals surface area contributed by atoms with E-state index in [0.29, 0.717) is 17.2 Å². The Balaban J connectivity index is 1.91. The number of para-hydroxylation sites is 1. The lowest BCUT2D eigenvalue weighted by molar-refractivity contribution is -0.143. The number of ether oxygens (including phenoxy) is 1. The van der Waals surface area contributed by atoms with Crippen LogP contribution in [0.1, 0.15) is 31.4 Å². The van der Waals surface area contributed by atoms with Gasteiger partial charge >= 0.3 is 0 Å². The van der Waals surface area contributed by atoms with Crippen molar-refractivity contribution < 1.29 is 14.3 Å². The summed E-state index contributed by atoms with van der Waals surface area (Å²) in [7, 11) is 0. The van der Waals surface area contributed by atoms with Gasteiger partial charge in [0.2, 0.25) is 5.91 Å². The van der Waals surface area contributed by atoms with Gasteiger partial charge in [0.15, 0.2) is 6.61 Å². The van der Waals surface area contributed by atoms with Crippen molar-refractivity contribution in [3.8, 4) is 5.75 Å². The van der Waals surface area contributed by atoms with E-state index in [4.69, 9.17) is 16.3 Å². The fraction of sp³-hybridized carbons (Fsp3) is 0.286. The third-order valence-electron chi connectivity index (χ3n) is 5.62. The molecule has 3 rings (SSSR count). The smallest absolute Gasteiger partial charge is 0.261 e. The minimum Gasteiger partial charge on any atom is -0.484 e. The summed E-state index contributed by atoms with van der Waals surface area (Å²) in [5.74, 6) is 0.138. The van der Waals surface area contributed by atoms with Crippen molar-refractivity contribution in [2.75, 3.05) is 6.61 Å². The topological polar surface area (TPSA) is 58.6 Å². The largest absolute Gasteiger partial charge is 0.484 e. The monoisotopic (exact) mass is 478 g/mol. The summed E-state index contributed by atoms with van der Waals surface area (Å²) < 4.78 is 5.74. The van der Waals surface area contributed by atoms with Gasteiger partial charge in [-0.05, 0) is 48.7 Å². The second-order valence-electron chi connectivity index (χ2n) is 8.28. The first-order valence-electron chi connectivity index (χ1n) is 11.5. The van der Waals surface area contributed by atoms with Gasteiger partial charge in [0.05, 0.1) is 0 Å². The zero-order valence-corrected chi connectivity index (χ0v) is 20.4. The van der Waals surface area contributed by atoms with Crippen LogP contribution in [0.4, 0.5) is 0 Å². The van der Waals surface area contributed by atoms with Crippen molar-refractivity contribution in [2.24, 2.45) is 0 Å². The lowest BCUT2D eigenvalue weighted by Gasteiger charge is -2.32. The Morgan fingerprint density at radius 1 is 0.941 bits per heavy atom. The Bertz CT molecular complexity index is 1060.